The predicted molar refractivity (Wildman–Crippen MR) is 309 cm³/mol. The van der Waals surface area contributed by atoms with Crippen molar-refractivity contribution in [3.63, 3.8) is 0 Å². The quantitative estimate of drug-likeness (QED) is 0.0863. The number of hydrogen-bond donors (Lipinski definition) is 2. The Labute approximate surface area is 456 Å². The van der Waals surface area contributed by atoms with Gasteiger partial charge in [0.2, 0.25) is 11.8 Å². The van der Waals surface area contributed by atoms with Crippen LogP contribution in [0, 0.1) is 0 Å². The zero-order chi connectivity index (χ0) is 55.6. The maximum absolute atomic E-state index is 13.9. The molecule has 1 saturated carbocycles. The van der Waals surface area contributed by atoms with Crippen molar-refractivity contribution in [2.24, 2.45) is 0 Å². The topological polar surface area (TPSA) is 220 Å². The predicted octanol–water partition coefficient (Wildman–Crippen LogP) is 9.28. The van der Waals surface area contributed by atoms with Crippen molar-refractivity contribution >= 4 is 51.5 Å². The van der Waals surface area contributed by atoms with Crippen LogP contribution in [-0.4, -0.2) is 101 Å². The van der Waals surface area contributed by atoms with Gasteiger partial charge in [0, 0.05) is 44.5 Å². The van der Waals surface area contributed by atoms with Crippen LogP contribution in [0.5, 0.6) is 23.0 Å². The second-order valence-electron chi connectivity index (χ2n) is 19.3. The van der Waals surface area contributed by atoms with E-state index in [1.807, 2.05) is 134 Å². The number of allylic oxidation sites excluding steroid dienone is 1. The van der Waals surface area contributed by atoms with Gasteiger partial charge >= 0.3 is 11.4 Å². The third-order valence-corrected chi connectivity index (χ3v) is 13.7. The van der Waals surface area contributed by atoms with Crippen molar-refractivity contribution in [2.45, 2.75) is 57.5 Å². The van der Waals surface area contributed by atoms with Crippen molar-refractivity contribution in [3.8, 4) is 40.1 Å². The molecule has 0 bridgehead atoms. The molecule has 0 aliphatic heterocycles. The highest BCUT2D eigenvalue weighted by Crippen LogP contribution is 2.34. The number of ether oxygens (including phenoxy) is 2. The van der Waals surface area contributed by atoms with Crippen molar-refractivity contribution in [1.82, 2.24) is 48.0 Å². The highest BCUT2D eigenvalue weighted by molar-refractivity contribution is 6.01. The van der Waals surface area contributed by atoms with E-state index >= 15 is 0 Å². The highest BCUT2D eigenvalue weighted by Gasteiger charge is 2.31. The second-order valence-corrected chi connectivity index (χ2v) is 19.3. The summed E-state index contributed by atoms with van der Waals surface area (Å²) >= 11 is 0. The van der Waals surface area contributed by atoms with Crippen LogP contribution in [0.25, 0.3) is 39.4 Å². The summed E-state index contributed by atoms with van der Waals surface area (Å²) in [5, 5.41) is 0. The molecule has 0 unspecified atom stereocenters. The molecule has 1 aliphatic rings. The number of carbonyl (C=O) groups is 2. The first-order valence-corrected chi connectivity index (χ1v) is 26.1. The Morgan fingerprint density at radius 3 is 1.66 bits per heavy atom. The molecule has 4 N–H and O–H groups in total. The number of amides is 2. The number of nitrogens with two attached hydrogens (primary N) is 2. The minimum absolute atomic E-state index is 0.000671. The number of nitrogen functional groups attached to an aromatic ring is 2. The number of carbonyl (C=O) groups excluding carboxylic acids is 2. The van der Waals surface area contributed by atoms with E-state index in [2.05, 4.69) is 26.9 Å². The zero-order valence-electron chi connectivity index (χ0n) is 44.8. The first kappa shape index (κ1) is 54.2. The maximum atomic E-state index is 13.9. The fourth-order valence-electron chi connectivity index (χ4n) is 9.53. The molecular formula is C60H63N13O6. The van der Waals surface area contributed by atoms with Gasteiger partial charge in [-0.2, -0.15) is 0 Å². The van der Waals surface area contributed by atoms with E-state index in [0.717, 1.165) is 44.3 Å². The first-order valence-electron chi connectivity index (χ1n) is 26.1. The van der Waals surface area contributed by atoms with E-state index in [0.29, 0.717) is 68.9 Å². The molecule has 10 rings (SSSR count). The summed E-state index contributed by atoms with van der Waals surface area (Å²) in [5.41, 5.74) is 16.1. The fraction of sp³-hybridized carbons (Fsp3) is 0.233. The van der Waals surface area contributed by atoms with Gasteiger partial charge in [-0.1, -0.05) is 68.0 Å². The molecule has 4 aromatic heterocycles. The summed E-state index contributed by atoms with van der Waals surface area (Å²) in [6.07, 6.45) is 14.5. The van der Waals surface area contributed by atoms with Gasteiger partial charge in [-0.3, -0.25) is 23.3 Å². The summed E-state index contributed by atoms with van der Waals surface area (Å²) < 4.78 is 18.1. The molecule has 1 fully saturated rings. The minimum Gasteiger partial charge on any atom is -0.457 e. The van der Waals surface area contributed by atoms with Crippen LogP contribution in [0.2, 0.25) is 0 Å². The molecule has 0 spiro atoms. The lowest BCUT2D eigenvalue weighted by atomic mass is 9.90. The number of para-hydroxylation sites is 2. The maximum Gasteiger partial charge on any atom is 0.339 e. The molecule has 0 radical (unpaired) electrons. The molecule has 404 valence electrons. The van der Waals surface area contributed by atoms with Crippen molar-refractivity contribution in [2.75, 3.05) is 51.1 Å². The van der Waals surface area contributed by atoms with E-state index in [4.69, 9.17) is 20.9 Å². The number of fused-ring (bicyclic) bond motifs is 2. The molecule has 9 aromatic rings. The molecular weight excluding hydrogens is 999 g/mol. The average molecular weight is 1060 g/mol. The largest absolute Gasteiger partial charge is 0.457 e. The van der Waals surface area contributed by atoms with Gasteiger partial charge in [-0.15, -0.1) is 0 Å². The first-order chi connectivity index (χ1) is 38.3. The molecule has 19 heteroatoms. The van der Waals surface area contributed by atoms with Crippen LogP contribution >= 0.6 is 0 Å². The number of benzene rings is 5. The highest BCUT2D eigenvalue weighted by atomic mass is 16.5. The Hall–Kier alpha value is -9.62. The molecule has 1 aliphatic carbocycles. The van der Waals surface area contributed by atoms with E-state index < -0.39 is 0 Å². The normalized spacial score (nSPS) is 14.4. The van der Waals surface area contributed by atoms with Gasteiger partial charge in [0.1, 0.15) is 46.7 Å². The van der Waals surface area contributed by atoms with Gasteiger partial charge in [-0.25, -0.2) is 34.1 Å². The number of unbranched alkanes of at least 4 members (excludes halogenated alkanes) is 1. The van der Waals surface area contributed by atoms with E-state index in [-0.39, 0.29) is 46.9 Å². The summed E-state index contributed by atoms with van der Waals surface area (Å²) in [5.74, 6) is 2.98. The average Bonchev–Trinajstić information content (AvgIpc) is 4.20. The SMILES string of the molecule is CCC/C=C/C(=O)N(C)c1cccc(-n2c(=O)n(-c3ccc(Oc4ccccc4)cc3)c3c(N)ncnc32)c1.CN(C)C/C=C/C(=O)N(C)C1CCC(n2c(=O)n(-c3ccc(Oc4ccccc4)cc3)c3c(N)ncnc32)CC1. The standard InChI is InChI=1S/C30H35N7O3.C30H28N6O3/c1-34(2)19-7-10-26(38)35(3)21-11-13-23(14-12-21)37-29-27(28(31)32-20-33-29)36(30(37)39)22-15-17-25(18-16-22)40-24-8-5-4-6-9-24;1-3-4-6-14-26(37)34(2)22-10-9-11-23(19-22)36-29-27(28(31)32-20-33-29)35(30(36)38)21-15-17-25(18-16-21)39-24-12-7-5-8-13-24/h4-10,15-18,20-21,23H,11-14,19H2,1-3H3,(H2,31,32,33);5-20H,3-4H2,1-2H3,(H2,31,32,33)/b10-7+;14-6+. The van der Waals surface area contributed by atoms with E-state index in [1.54, 1.807) is 70.8 Å². The lowest BCUT2D eigenvalue weighted by Crippen LogP contribution is -2.40. The van der Waals surface area contributed by atoms with Crippen molar-refractivity contribution in [1.29, 1.82) is 0 Å². The Bertz CT molecular complexity index is 3750. The molecule has 79 heavy (non-hydrogen) atoms. The van der Waals surface area contributed by atoms with Crippen LogP contribution in [-0.2, 0) is 9.59 Å². The van der Waals surface area contributed by atoms with Gasteiger partial charge < -0.3 is 35.6 Å². The third-order valence-electron chi connectivity index (χ3n) is 13.7. The number of anilines is 3. The van der Waals surface area contributed by atoms with Crippen LogP contribution < -0.4 is 37.2 Å². The number of nitrogens with zero attached hydrogens (tertiary/aromatic N) is 11. The fourth-order valence-corrected chi connectivity index (χ4v) is 9.53. The lowest BCUT2D eigenvalue weighted by molar-refractivity contribution is -0.127. The number of aromatic nitrogens is 8. The number of imidazole rings is 2. The Balaban J connectivity index is 0.000000192. The summed E-state index contributed by atoms with van der Waals surface area (Å²) in [4.78, 5) is 75.6. The number of rotatable bonds is 16. The third kappa shape index (κ3) is 12.2. The van der Waals surface area contributed by atoms with Gasteiger partial charge in [0.05, 0.1) is 17.1 Å². The van der Waals surface area contributed by atoms with Gasteiger partial charge in [0.25, 0.3) is 0 Å². The van der Waals surface area contributed by atoms with Crippen molar-refractivity contribution in [3.05, 3.63) is 191 Å². The van der Waals surface area contributed by atoms with Crippen LogP contribution in [0.3, 0.4) is 0 Å². The van der Waals surface area contributed by atoms with E-state index in [9.17, 15) is 19.2 Å². The number of hydrogen-bond acceptors (Lipinski definition) is 13. The molecule has 4 heterocycles. The van der Waals surface area contributed by atoms with Crippen LogP contribution in [0.4, 0.5) is 17.3 Å². The molecule has 2 amide bonds. The molecule has 19 nitrogen and oxygen atoms in total. The Kier molecular flexibility index (Phi) is 16.9. The summed E-state index contributed by atoms with van der Waals surface area (Å²) in [6, 6.07) is 40.6. The molecule has 0 atom stereocenters. The molecule has 5 aromatic carbocycles. The zero-order valence-corrected chi connectivity index (χ0v) is 44.8. The van der Waals surface area contributed by atoms with Gasteiger partial charge in [-0.05, 0) is 143 Å². The van der Waals surface area contributed by atoms with Crippen molar-refractivity contribution < 1.29 is 19.1 Å². The second kappa shape index (κ2) is 24.6. The minimum atomic E-state index is -0.372. The monoisotopic (exact) mass is 1060 g/mol. The smallest absolute Gasteiger partial charge is 0.339 e. The van der Waals surface area contributed by atoms with Crippen LogP contribution in [0.1, 0.15) is 51.5 Å². The summed E-state index contributed by atoms with van der Waals surface area (Å²) in [7, 11) is 7.48. The van der Waals surface area contributed by atoms with Crippen LogP contribution in [0.15, 0.2) is 180 Å². The number of likely N-dealkylation sites (N-methyl/N-ethyl adjacent to an activating group) is 3. The van der Waals surface area contributed by atoms with Gasteiger partial charge in [0.15, 0.2) is 22.9 Å². The molecule has 0 saturated heterocycles. The summed E-state index contributed by atoms with van der Waals surface area (Å²) in [6.45, 7) is 2.77. The van der Waals surface area contributed by atoms with E-state index in [1.165, 1.54) is 26.7 Å². The Morgan fingerprint density at radius 2 is 1.10 bits per heavy atom. The lowest BCUT2D eigenvalue weighted by Gasteiger charge is -2.34. The Morgan fingerprint density at radius 1 is 0.582 bits per heavy atom.